The van der Waals surface area contributed by atoms with Crippen LogP contribution < -0.4 is 5.43 Å². The molecule has 1 aliphatic heterocycles. The van der Waals surface area contributed by atoms with E-state index in [-0.39, 0.29) is 12.5 Å². The Bertz CT molecular complexity index is 584. The zero-order valence-corrected chi connectivity index (χ0v) is 9.13. The number of hydrogen-bond donors (Lipinski definition) is 1. The number of carbonyl (C=O) groups excluding carboxylic acids is 1. The van der Waals surface area contributed by atoms with Gasteiger partial charge in [0.2, 0.25) is 0 Å². The van der Waals surface area contributed by atoms with Crippen LogP contribution in [0.4, 0.5) is 0 Å². The first-order valence-electron chi connectivity index (χ1n) is 5.42. The molecule has 1 N–H and O–H groups in total. The lowest BCUT2D eigenvalue weighted by molar-refractivity contribution is -0.115. The Hall–Kier alpha value is -2.36. The van der Waals surface area contributed by atoms with E-state index in [1.54, 1.807) is 4.68 Å². The quantitative estimate of drug-likeness (QED) is 0.783. The Morgan fingerprint density at radius 3 is 2.76 bits per heavy atom. The van der Waals surface area contributed by atoms with Gasteiger partial charge in [-0.1, -0.05) is 30.3 Å². The van der Waals surface area contributed by atoms with Gasteiger partial charge in [0.1, 0.15) is 6.54 Å². The number of nitrogens with zero attached hydrogens (tertiary/aromatic N) is 2. The molecule has 1 aromatic carbocycles. The summed E-state index contributed by atoms with van der Waals surface area (Å²) in [5, 5.41) is 0. The van der Waals surface area contributed by atoms with Crippen LogP contribution in [0.25, 0.3) is 0 Å². The summed E-state index contributed by atoms with van der Waals surface area (Å²) >= 11 is 0. The van der Waals surface area contributed by atoms with Crippen LogP contribution >= 0.6 is 0 Å². The van der Waals surface area contributed by atoms with E-state index < -0.39 is 0 Å². The molecule has 84 valence electrons. The van der Waals surface area contributed by atoms with Crippen molar-refractivity contribution in [2.75, 3.05) is 12.0 Å². The molecule has 0 fully saturated rings. The summed E-state index contributed by atoms with van der Waals surface area (Å²) in [6, 6.07) is 13.7. The molecular formula is C13H11N3O. The minimum Gasteiger partial charge on any atom is -0.272 e. The van der Waals surface area contributed by atoms with Gasteiger partial charge in [0.15, 0.2) is 0 Å². The molecule has 0 unspecified atom stereocenters. The average molecular weight is 225 g/mol. The first-order valence-corrected chi connectivity index (χ1v) is 5.42. The van der Waals surface area contributed by atoms with Gasteiger partial charge in [-0.25, -0.2) is 0 Å². The predicted octanol–water partition coefficient (Wildman–Crippen LogP) is 1.41. The van der Waals surface area contributed by atoms with Crippen LogP contribution in [0.2, 0.25) is 0 Å². The van der Waals surface area contributed by atoms with Gasteiger partial charge in [-0.15, -0.1) is 0 Å². The number of hydrogen-bond acceptors (Lipinski definition) is 2. The molecule has 0 bridgehead atoms. The largest absolute Gasteiger partial charge is 0.272 e. The van der Waals surface area contributed by atoms with Crippen LogP contribution in [0, 0.1) is 0 Å². The molecule has 0 aliphatic carbocycles. The van der Waals surface area contributed by atoms with Crippen molar-refractivity contribution in [2.45, 2.75) is 0 Å². The molecular weight excluding hydrogens is 214 g/mol. The minimum atomic E-state index is -0.103. The highest BCUT2D eigenvalue weighted by atomic mass is 16.2. The second-order valence-corrected chi connectivity index (χ2v) is 3.83. The SMILES string of the molecule is O=C1CN=C(c2ccccc2)c2cccn2N1. The maximum Gasteiger partial charge on any atom is 0.260 e. The number of carbonyl (C=O) groups is 1. The van der Waals surface area contributed by atoms with Crippen LogP contribution in [0.15, 0.2) is 53.7 Å². The second kappa shape index (κ2) is 3.90. The van der Waals surface area contributed by atoms with Gasteiger partial charge in [0.25, 0.3) is 5.91 Å². The van der Waals surface area contributed by atoms with Gasteiger partial charge in [0, 0.05) is 11.8 Å². The number of aromatic nitrogens is 1. The van der Waals surface area contributed by atoms with E-state index in [1.807, 2.05) is 48.7 Å². The van der Waals surface area contributed by atoms with E-state index in [0.29, 0.717) is 0 Å². The van der Waals surface area contributed by atoms with E-state index in [4.69, 9.17) is 0 Å². The van der Waals surface area contributed by atoms with Gasteiger partial charge in [0.05, 0.1) is 11.4 Å². The van der Waals surface area contributed by atoms with Crippen molar-refractivity contribution in [3.63, 3.8) is 0 Å². The Labute approximate surface area is 98.6 Å². The maximum atomic E-state index is 11.5. The molecule has 17 heavy (non-hydrogen) atoms. The monoisotopic (exact) mass is 225 g/mol. The Kier molecular flexibility index (Phi) is 2.26. The number of aliphatic imine (C=N–C) groups is 1. The zero-order chi connectivity index (χ0) is 11.7. The smallest absolute Gasteiger partial charge is 0.260 e. The minimum absolute atomic E-state index is 0.103. The molecule has 0 atom stereocenters. The number of benzene rings is 1. The molecule has 1 aromatic heterocycles. The van der Waals surface area contributed by atoms with E-state index in [9.17, 15) is 4.79 Å². The van der Waals surface area contributed by atoms with E-state index >= 15 is 0 Å². The molecule has 4 heteroatoms. The highest BCUT2D eigenvalue weighted by Crippen LogP contribution is 2.13. The van der Waals surface area contributed by atoms with Crippen molar-refractivity contribution in [1.29, 1.82) is 0 Å². The van der Waals surface area contributed by atoms with Crippen molar-refractivity contribution in [2.24, 2.45) is 4.99 Å². The third-order valence-corrected chi connectivity index (χ3v) is 2.66. The molecule has 2 aromatic rings. The second-order valence-electron chi connectivity index (χ2n) is 3.83. The van der Waals surface area contributed by atoms with Crippen LogP contribution in [0.3, 0.4) is 0 Å². The fourth-order valence-corrected chi connectivity index (χ4v) is 1.91. The Balaban J connectivity index is 2.14. The third kappa shape index (κ3) is 1.73. The van der Waals surface area contributed by atoms with Crippen LogP contribution in [-0.4, -0.2) is 22.8 Å². The standard InChI is InChI=1S/C13H11N3O/c17-12-9-14-13(10-5-2-1-3-6-10)11-7-4-8-16(11)15-12/h1-8H,9H2,(H,15,17). The lowest BCUT2D eigenvalue weighted by Crippen LogP contribution is -2.23. The molecule has 0 radical (unpaired) electrons. The summed E-state index contributed by atoms with van der Waals surface area (Å²) in [6.45, 7) is 0.159. The molecule has 4 nitrogen and oxygen atoms in total. The lowest BCUT2D eigenvalue weighted by atomic mass is 10.1. The lowest BCUT2D eigenvalue weighted by Gasteiger charge is -2.07. The highest BCUT2D eigenvalue weighted by Gasteiger charge is 2.16. The van der Waals surface area contributed by atoms with Crippen molar-refractivity contribution >= 4 is 11.6 Å². The predicted molar refractivity (Wildman–Crippen MR) is 65.7 cm³/mol. The normalized spacial score (nSPS) is 14.6. The first kappa shape index (κ1) is 9.84. The zero-order valence-electron chi connectivity index (χ0n) is 9.13. The van der Waals surface area contributed by atoms with Gasteiger partial charge < -0.3 is 0 Å². The highest BCUT2D eigenvalue weighted by molar-refractivity contribution is 6.13. The Morgan fingerprint density at radius 1 is 1.12 bits per heavy atom. The molecule has 0 saturated carbocycles. The first-order chi connectivity index (χ1) is 8.34. The van der Waals surface area contributed by atoms with Crippen LogP contribution in [-0.2, 0) is 4.79 Å². The van der Waals surface area contributed by atoms with Crippen LogP contribution in [0.5, 0.6) is 0 Å². The van der Waals surface area contributed by atoms with Gasteiger partial charge >= 0.3 is 0 Å². The molecule has 0 saturated heterocycles. The molecule has 0 spiro atoms. The Morgan fingerprint density at radius 2 is 1.94 bits per heavy atom. The number of rotatable bonds is 1. The van der Waals surface area contributed by atoms with Gasteiger partial charge in [-0.05, 0) is 12.1 Å². The topological polar surface area (TPSA) is 46.4 Å². The van der Waals surface area contributed by atoms with Crippen molar-refractivity contribution < 1.29 is 4.79 Å². The fraction of sp³-hybridized carbons (Fsp3) is 0.0769. The van der Waals surface area contributed by atoms with Gasteiger partial charge in [-0.3, -0.25) is 19.9 Å². The average Bonchev–Trinajstić information content (AvgIpc) is 2.73. The third-order valence-electron chi connectivity index (χ3n) is 2.66. The van der Waals surface area contributed by atoms with Crippen molar-refractivity contribution in [1.82, 2.24) is 4.68 Å². The maximum absolute atomic E-state index is 11.5. The summed E-state index contributed by atoms with van der Waals surface area (Å²) in [5.41, 5.74) is 5.53. The van der Waals surface area contributed by atoms with Crippen molar-refractivity contribution in [3.05, 3.63) is 59.9 Å². The molecule has 1 aliphatic rings. The summed E-state index contributed by atoms with van der Waals surface area (Å²) in [7, 11) is 0. The number of amides is 1. The number of fused-ring (bicyclic) bond motifs is 1. The summed E-state index contributed by atoms with van der Waals surface area (Å²) < 4.78 is 1.71. The van der Waals surface area contributed by atoms with E-state index in [2.05, 4.69) is 10.4 Å². The van der Waals surface area contributed by atoms with E-state index in [0.717, 1.165) is 17.0 Å². The van der Waals surface area contributed by atoms with Crippen LogP contribution in [0.1, 0.15) is 11.3 Å². The summed E-state index contributed by atoms with van der Waals surface area (Å²) in [4.78, 5) is 15.9. The molecule has 1 amide bonds. The van der Waals surface area contributed by atoms with Crippen molar-refractivity contribution in [3.8, 4) is 0 Å². The van der Waals surface area contributed by atoms with E-state index in [1.165, 1.54) is 0 Å². The summed E-state index contributed by atoms with van der Waals surface area (Å²) in [5.74, 6) is -0.103. The number of nitrogens with one attached hydrogen (secondary N) is 1. The molecule has 2 heterocycles. The summed E-state index contributed by atoms with van der Waals surface area (Å²) in [6.07, 6.45) is 1.82. The molecule has 3 rings (SSSR count). The van der Waals surface area contributed by atoms with Gasteiger partial charge in [-0.2, -0.15) is 0 Å². The fourth-order valence-electron chi connectivity index (χ4n) is 1.91.